The van der Waals surface area contributed by atoms with E-state index in [1.165, 1.54) is 0 Å². The van der Waals surface area contributed by atoms with Crippen LogP contribution in [0.2, 0.25) is 0 Å². The lowest BCUT2D eigenvalue weighted by molar-refractivity contribution is -0.140. The zero-order valence-corrected chi connectivity index (χ0v) is 21.9. The van der Waals surface area contributed by atoms with Crippen molar-refractivity contribution in [3.05, 3.63) is 11.6 Å². The number of nitrogens with one attached hydrogen (secondary N) is 2. The summed E-state index contributed by atoms with van der Waals surface area (Å²) < 4.78 is 0. The van der Waals surface area contributed by atoms with Crippen molar-refractivity contribution in [1.29, 1.82) is 0 Å². The lowest BCUT2D eigenvalue weighted by Crippen LogP contribution is -2.58. The quantitative estimate of drug-likeness (QED) is 0.404. The van der Waals surface area contributed by atoms with Gasteiger partial charge in [0.05, 0.1) is 18.7 Å². The predicted octanol–water partition coefficient (Wildman–Crippen LogP) is 1.93. The molecule has 0 aliphatic carbocycles. The number of amides is 3. The van der Waals surface area contributed by atoms with Gasteiger partial charge in [-0.15, -0.1) is 0 Å². The number of carbonyl (C=O) groups is 3. The lowest BCUT2D eigenvalue weighted by atomic mass is 9.95. The van der Waals surface area contributed by atoms with Gasteiger partial charge < -0.3 is 20.6 Å². The van der Waals surface area contributed by atoms with E-state index in [-0.39, 0.29) is 60.8 Å². The molecular weight excluding hydrogens is 420 g/mol. The zero-order valence-electron chi connectivity index (χ0n) is 21.9. The van der Waals surface area contributed by atoms with E-state index in [9.17, 15) is 14.4 Å². The lowest BCUT2D eigenvalue weighted by Gasteiger charge is -2.39. The summed E-state index contributed by atoms with van der Waals surface area (Å²) in [5.41, 5.74) is 0.488. The molecule has 190 valence electrons. The molecule has 1 rings (SSSR count). The molecule has 1 saturated heterocycles. The summed E-state index contributed by atoms with van der Waals surface area (Å²) >= 11 is 0. The second kappa shape index (κ2) is 13.7. The van der Waals surface area contributed by atoms with Crippen LogP contribution in [0.15, 0.2) is 11.6 Å². The second-order valence-corrected chi connectivity index (χ2v) is 10.1. The highest BCUT2D eigenvalue weighted by molar-refractivity contribution is 5.93. The average molecular weight is 467 g/mol. The third-order valence-corrected chi connectivity index (χ3v) is 6.39. The molecule has 8 nitrogen and oxygen atoms in total. The Labute approximate surface area is 200 Å². The van der Waals surface area contributed by atoms with E-state index >= 15 is 0 Å². The molecule has 0 aromatic rings. The molecular formula is C25H46N4O4. The molecule has 3 N–H and O–H groups in total. The molecule has 0 bridgehead atoms. The Balaban J connectivity index is 3.03. The van der Waals surface area contributed by atoms with Crippen molar-refractivity contribution in [1.82, 2.24) is 20.4 Å². The predicted molar refractivity (Wildman–Crippen MR) is 131 cm³/mol. The van der Waals surface area contributed by atoms with Gasteiger partial charge in [0, 0.05) is 25.2 Å². The first-order valence-corrected chi connectivity index (χ1v) is 12.3. The number of carbonyl (C=O) groups excluding carboxylic acids is 3. The van der Waals surface area contributed by atoms with Gasteiger partial charge in [0.25, 0.3) is 0 Å². The summed E-state index contributed by atoms with van der Waals surface area (Å²) in [7, 11) is 1.73. The first-order valence-electron chi connectivity index (χ1n) is 12.3. The van der Waals surface area contributed by atoms with Crippen molar-refractivity contribution < 1.29 is 19.5 Å². The van der Waals surface area contributed by atoms with E-state index in [2.05, 4.69) is 29.4 Å². The van der Waals surface area contributed by atoms with Crippen LogP contribution in [0, 0.1) is 11.8 Å². The number of aliphatic hydroxyl groups is 1. The third kappa shape index (κ3) is 8.41. The molecule has 0 aromatic carbocycles. The summed E-state index contributed by atoms with van der Waals surface area (Å²) in [6.45, 7) is 14.7. The number of hydrogen-bond acceptors (Lipinski definition) is 5. The maximum Gasteiger partial charge on any atom is 0.246 e. The van der Waals surface area contributed by atoms with Gasteiger partial charge in [-0.3, -0.25) is 19.3 Å². The molecule has 33 heavy (non-hydrogen) atoms. The SMILES string of the molecule is CC(=C[C@H](C(C)C)N(C)C(=O)[C@@H](NC(=O)[C@H]1CCCCN1C(C)C)C(C)C)C(=O)NCCO. The zero-order chi connectivity index (χ0) is 25.3. The Hall–Kier alpha value is -1.93. The van der Waals surface area contributed by atoms with Crippen LogP contribution in [0.5, 0.6) is 0 Å². The van der Waals surface area contributed by atoms with Gasteiger partial charge in [0.1, 0.15) is 6.04 Å². The highest BCUT2D eigenvalue weighted by Gasteiger charge is 2.35. The van der Waals surface area contributed by atoms with Crippen LogP contribution in [0.3, 0.4) is 0 Å². The highest BCUT2D eigenvalue weighted by Crippen LogP contribution is 2.21. The van der Waals surface area contributed by atoms with Gasteiger partial charge in [0.15, 0.2) is 0 Å². The molecule has 0 aromatic heterocycles. The van der Waals surface area contributed by atoms with E-state index in [0.29, 0.717) is 5.57 Å². The number of likely N-dealkylation sites (tertiary alicyclic amines) is 1. The number of piperidine rings is 1. The molecule has 3 atom stereocenters. The normalized spacial score (nSPS) is 19.5. The fourth-order valence-corrected chi connectivity index (χ4v) is 4.37. The van der Waals surface area contributed by atoms with Gasteiger partial charge in [-0.05, 0) is 52.0 Å². The van der Waals surface area contributed by atoms with Crippen LogP contribution >= 0.6 is 0 Å². The van der Waals surface area contributed by atoms with Crippen molar-refractivity contribution >= 4 is 17.7 Å². The second-order valence-electron chi connectivity index (χ2n) is 10.1. The fraction of sp³-hybridized carbons (Fsp3) is 0.800. The molecule has 0 spiro atoms. The number of aliphatic hydroxyl groups excluding tert-OH is 1. The van der Waals surface area contributed by atoms with Crippen LogP contribution in [0.25, 0.3) is 0 Å². The minimum absolute atomic E-state index is 0.0674. The van der Waals surface area contributed by atoms with E-state index in [4.69, 9.17) is 5.11 Å². The molecule has 1 fully saturated rings. The van der Waals surface area contributed by atoms with Crippen molar-refractivity contribution in [3.8, 4) is 0 Å². The molecule has 1 aliphatic heterocycles. The highest BCUT2D eigenvalue weighted by atomic mass is 16.3. The average Bonchev–Trinajstić information content (AvgIpc) is 2.77. The Morgan fingerprint density at radius 2 is 1.73 bits per heavy atom. The molecule has 1 aliphatic rings. The summed E-state index contributed by atoms with van der Waals surface area (Å²) in [5, 5.41) is 14.6. The van der Waals surface area contributed by atoms with E-state index < -0.39 is 6.04 Å². The molecule has 8 heteroatoms. The van der Waals surface area contributed by atoms with E-state index in [0.717, 1.165) is 25.8 Å². The molecule has 0 unspecified atom stereocenters. The number of hydrogen-bond donors (Lipinski definition) is 3. The van der Waals surface area contributed by atoms with Gasteiger partial charge in [-0.1, -0.05) is 40.2 Å². The van der Waals surface area contributed by atoms with Gasteiger partial charge in [-0.25, -0.2) is 0 Å². The van der Waals surface area contributed by atoms with Gasteiger partial charge in [-0.2, -0.15) is 0 Å². The number of nitrogens with zero attached hydrogens (tertiary/aromatic N) is 2. The van der Waals surface area contributed by atoms with Crippen LogP contribution in [-0.2, 0) is 14.4 Å². The minimum Gasteiger partial charge on any atom is -0.395 e. The standard InChI is InChI=1S/C25H46N4O4/c1-16(2)21(15-19(7)23(31)26-12-14-30)28(8)25(33)22(17(3)4)27-24(32)20-11-9-10-13-29(20)18(5)6/h15-18,20-22,30H,9-14H2,1-8H3,(H,26,31)(H,27,32)/t20-,21-,22+/m1/s1. The van der Waals surface area contributed by atoms with Gasteiger partial charge >= 0.3 is 0 Å². The Kier molecular flexibility index (Phi) is 12.1. The summed E-state index contributed by atoms with van der Waals surface area (Å²) in [6.07, 6.45) is 4.69. The van der Waals surface area contributed by atoms with Crippen LogP contribution in [0.4, 0.5) is 0 Å². The maximum absolute atomic E-state index is 13.5. The summed E-state index contributed by atoms with van der Waals surface area (Å²) in [4.78, 5) is 42.8. The summed E-state index contributed by atoms with van der Waals surface area (Å²) in [6, 6.07) is -0.891. The third-order valence-electron chi connectivity index (χ3n) is 6.39. The van der Waals surface area contributed by atoms with Gasteiger partial charge in [0.2, 0.25) is 17.7 Å². The van der Waals surface area contributed by atoms with E-state index in [1.54, 1.807) is 24.9 Å². The molecule has 1 heterocycles. The van der Waals surface area contributed by atoms with Crippen molar-refractivity contribution in [2.45, 2.75) is 91.9 Å². The first-order chi connectivity index (χ1) is 15.4. The Bertz CT molecular complexity index is 690. The van der Waals surface area contributed by atoms with Crippen LogP contribution in [-0.4, -0.2) is 83.5 Å². The van der Waals surface area contributed by atoms with Crippen molar-refractivity contribution in [2.75, 3.05) is 26.7 Å². The number of rotatable bonds is 11. The summed E-state index contributed by atoms with van der Waals surface area (Å²) in [5.74, 6) is -0.525. The first kappa shape index (κ1) is 29.1. The maximum atomic E-state index is 13.5. The smallest absolute Gasteiger partial charge is 0.246 e. The largest absolute Gasteiger partial charge is 0.395 e. The molecule has 0 radical (unpaired) electrons. The molecule has 3 amide bonds. The van der Waals surface area contributed by atoms with Crippen molar-refractivity contribution in [2.24, 2.45) is 11.8 Å². The van der Waals surface area contributed by atoms with Crippen molar-refractivity contribution in [3.63, 3.8) is 0 Å². The Morgan fingerprint density at radius 1 is 1.09 bits per heavy atom. The topological polar surface area (TPSA) is 102 Å². The number of likely N-dealkylation sites (N-methyl/N-ethyl adjacent to an activating group) is 1. The Morgan fingerprint density at radius 3 is 2.24 bits per heavy atom. The van der Waals surface area contributed by atoms with Crippen LogP contribution < -0.4 is 10.6 Å². The fourth-order valence-electron chi connectivity index (χ4n) is 4.37. The van der Waals surface area contributed by atoms with Crippen LogP contribution in [0.1, 0.15) is 67.7 Å². The molecule has 0 saturated carbocycles. The van der Waals surface area contributed by atoms with E-state index in [1.807, 2.05) is 27.7 Å². The monoisotopic (exact) mass is 466 g/mol. The minimum atomic E-state index is -0.642.